The van der Waals surface area contributed by atoms with E-state index in [1.165, 1.54) is 6.42 Å². The summed E-state index contributed by atoms with van der Waals surface area (Å²) in [5.41, 5.74) is 8.53. The number of piperidine rings is 1. The third kappa shape index (κ3) is 4.69. The molecule has 7 heteroatoms. The molecule has 29 heavy (non-hydrogen) atoms. The van der Waals surface area contributed by atoms with Crippen molar-refractivity contribution in [1.82, 2.24) is 15.8 Å². The number of carbonyl (C=O) groups is 2. The number of likely N-dealkylation sites (tertiary alicyclic amines) is 1. The SMILES string of the molecule is O=C(Nc1ccccc1C(=O)N1CCCCC1)C1CC(c2ccc(Br)cc2)NN1. The van der Waals surface area contributed by atoms with Crippen molar-refractivity contribution in [2.75, 3.05) is 18.4 Å². The first-order chi connectivity index (χ1) is 14.1. The van der Waals surface area contributed by atoms with Gasteiger partial charge < -0.3 is 10.2 Å². The van der Waals surface area contributed by atoms with Crippen LogP contribution in [-0.2, 0) is 4.79 Å². The summed E-state index contributed by atoms with van der Waals surface area (Å²) in [5, 5.41) is 2.96. The minimum absolute atomic E-state index is 0.00848. The van der Waals surface area contributed by atoms with Crippen LogP contribution in [-0.4, -0.2) is 35.8 Å². The first-order valence-electron chi connectivity index (χ1n) is 10.1. The van der Waals surface area contributed by atoms with Crippen LogP contribution in [0.5, 0.6) is 0 Å². The Labute approximate surface area is 179 Å². The predicted octanol–water partition coefficient (Wildman–Crippen LogP) is 3.62. The zero-order valence-corrected chi connectivity index (χ0v) is 17.7. The first kappa shape index (κ1) is 20.1. The van der Waals surface area contributed by atoms with Gasteiger partial charge in [0.05, 0.1) is 11.3 Å². The van der Waals surface area contributed by atoms with E-state index in [1.807, 2.05) is 41.3 Å². The summed E-state index contributed by atoms with van der Waals surface area (Å²) in [6, 6.07) is 15.0. The second kappa shape index (κ2) is 9.07. The van der Waals surface area contributed by atoms with Gasteiger partial charge in [0.25, 0.3) is 5.91 Å². The maximum atomic E-state index is 12.9. The van der Waals surface area contributed by atoms with Crippen LogP contribution in [0.25, 0.3) is 0 Å². The molecule has 0 saturated carbocycles. The number of nitrogens with zero attached hydrogens (tertiary/aromatic N) is 1. The monoisotopic (exact) mass is 456 g/mol. The van der Waals surface area contributed by atoms with Crippen LogP contribution >= 0.6 is 15.9 Å². The van der Waals surface area contributed by atoms with Crippen LogP contribution in [0.1, 0.15) is 47.6 Å². The quantitative estimate of drug-likeness (QED) is 0.656. The molecular formula is C22H25BrN4O2. The highest BCUT2D eigenvalue weighted by Gasteiger charge is 2.31. The van der Waals surface area contributed by atoms with Gasteiger partial charge in [0, 0.05) is 23.6 Å². The number of amides is 2. The zero-order chi connectivity index (χ0) is 20.2. The fraction of sp³-hybridized carbons (Fsp3) is 0.364. The molecule has 0 aromatic heterocycles. The van der Waals surface area contributed by atoms with Crippen molar-refractivity contribution in [2.45, 2.75) is 37.8 Å². The van der Waals surface area contributed by atoms with E-state index in [-0.39, 0.29) is 23.9 Å². The molecule has 2 aromatic rings. The maximum absolute atomic E-state index is 12.9. The summed E-state index contributed by atoms with van der Waals surface area (Å²) >= 11 is 3.44. The average molecular weight is 457 g/mol. The number of hydrogen-bond acceptors (Lipinski definition) is 4. The maximum Gasteiger partial charge on any atom is 0.255 e. The number of nitrogens with one attached hydrogen (secondary N) is 3. The number of halogens is 1. The number of hydrogen-bond donors (Lipinski definition) is 3. The topological polar surface area (TPSA) is 73.5 Å². The molecule has 2 aliphatic rings. The second-order valence-corrected chi connectivity index (χ2v) is 8.48. The van der Waals surface area contributed by atoms with Crippen LogP contribution in [0.15, 0.2) is 53.0 Å². The van der Waals surface area contributed by atoms with Crippen LogP contribution in [0.3, 0.4) is 0 Å². The van der Waals surface area contributed by atoms with Gasteiger partial charge in [-0.1, -0.05) is 40.2 Å². The summed E-state index contributed by atoms with van der Waals surface area (Å²) in [4.78, 5) is 27.7. The first-order valence-corrected chi connectivity index (χ1v) is 10.9. The standard InChI is InChI=1S/C22H25BrN4O2/c23-16-10-8-15(9-11-16)19-14-20(26-25-19)21(28)24-18-7-3-2-6-17(18)22(29)27-12-4-1-5-13-27/h2-3,6-11,19-20,25-26H,1,4-5,12-14H2,(H,24,28). The van der Waals surface area contributed by atoms with Gasteiger partial charge in [-0.05, 0) is 55.5 Å². The molecule has 0 spiro atoms. The van der Waals surface area contributed by atoms with Gasteiger partial charge in [-0.25, -0.2) is 10.9 Å². The highest BCUT2D eigenvalue weighted by Crippen LogP contribution is 2.25. The van der Waals surface area contributed by atoms with Crippen molar-refractivity contribution in [2.24, 2.45) is 0 Å². The lowest BCUT2D eigenvalue weighted by molar-refractivity contribution is -0.117. The van der Waals surface area contributed by atoms with Crippen molar-refractivity contribution < 1.29 is 9.59 Å². The molecule has 0 bridgehead atoms. The Morgan fingerprint density at radius 2 is 1.69 bits per heavy atom. The van der Waals surface area contributed by atoms with Gasteiger partial charge in [-0.15, -0.1) is 0 Å². The molecule has 152 valence electrons. The number of benzene rings is 2. The van der Waals surface area contributed by atoms with Crippen LogP contribution in [0.2, 0.25) is 0 Å². The fourth-order valence-electron chi connectivity index (χ4n) is 3.91. The summed E-state index contributed by atoms with van der Waals surface area (Å²) in [6.45, 7) is 1.56. The molecule has 4 rings (SSSR count). The molecule has 2 atom stereocenters. The number of para-hydroxylation sites is 1. The lowest BCUT2D eigenvalue weighted by Gasteiger charge is -2.27. The Kier molecular flexibility index (Phi) is 6.28. The van der Waals surface area contributed by atoms with Gasteiger partial charge in [0.15, 0.2) is 0 Å². The lowest BCUT2D eigenvalue weighted by atomic mass is 10.0. The van der Waals surface area contributed by atoms with E-state index < -0.39 is 0 Å². The van der Waals surface area contributed by atoms with Gasteiger partial charge in [-0.3, -0.25) is 9.59 Å². The highest BCUT2D eigenvalue weighted by atomic mass is 79.9. The molecule has 2 aliphatic heterocycles. The van der Waals surface area contributed by atoms with Gasteiger partial charge >= 0.3 is 0 Å². The molecule has 2 heterocycles. The number of rotatable bonds is 4. The highest BCUT2D eigenvalue weighted by molar-refractivity contribution is 9.10. The minimum Gasteiger partial charge on any atom is -0.339 e. The molecule has 0 aliphatic carbocycles. The Bertz CT molecular complexity index is 881. The van der Waals surface area contributed by atoms with Crippen LogP contribution < -0.4 is 16.2 Å². The molecular weight excluding hydrogens is 432 g/mol. The Hall–Kier alpha value is -2.22. The van der Waals surface area contributed by atoms with E-state index in [2.05, 4.69) is 32.1 Å². The lowest BCUT2D eigenvalue weighted by Crippen LogP contribution is -2.40. The Morgan fingerprint density at radius 3 is 2.45 bits per heavy atom. The number of hydrazine groups is 1. The van der Waals surface area contributed by atoms with Gasteiger partial charge in [0.2, 0.25) is 5.91 Å². The van der Waals surface area contributed by atoms with E-state index in [4.69, 9.17) is 0 Å². The second-order valence-electron chi connectivity index (χ2n) is 7.57. The van der Waals surface area contributed by atoms with Crippen molar-refractivity contribution in [1.29, 1.82) is 0 Å². The van der Waals surface area contributed by atoms with Crippen molar-refractivity contribution >= 4 is 33.4 Å². The molecule has 0 radical (unpaired) electrons. The molecule has 2 aromatic carbocycles. The Balaban J connectivity index is 1.42. The fourth-order valence-corrected chi connectivity index (χ4v) is 4.17. The number of carbonyl (C=O) groups excluding carboxylic acids is 2. The van der Waals surface area contributed by atoms with E-state index in [0.717, 1.165) is 36.0 Å². The smallest absolute Gasteiger partial charge is 0.255 e. The average Bonchev–Trinajstić information content (AvgIpc) is 3.25. The van der Waals surface area contributed by atoms with Crippen LogP contribution in [0, 0.1) is 0 Å². The molecule has 2 unspecified atom stereocenters. The summed E-state index contributed by atoms with van der Waals surface area (Å²) in [5.74, 6) is -0.151. The van der Waals surface area contributed by atoms with Crippen molar-refractivity contribution in [3.8, 4) is 0 Å². The Morgan fingerprint density at radius 1 is 0.966 bits per heavy atom. The van der Waals surface area contributed by atoms with E-state index in [0.29, 0.717) is 17.7 Å². The molecule has 2 fully saturated rings. The summed E-state index contributed by atoms with van der Waals surface area (Å²) in [7, 11) is 0. The van der Waals surface area contributed by atoms with Crippen molar-refractivity contribution in [3.05, 3.63) is 64.1 Å². The van der Waals surface area contributed by atoms with Crippen LogP contribution in [0.4, 0.5) is 5.69 Å². The summed E-state index contributed by atoms with van der Waals surface area (Å²) in [6.07, 6.45) is 3.88. The molecule has 2 amide bonds. The van der Waals surface area contributed by atoms with Crippen molar-refractivity contribution in [3.63, 3.8) is 0 Å². The zero-order valence-electron chi connectivity index (χ0n) is 16.2. The third-order valence-electron chi connectivity index (χ3n) is 5.55. The van der Waals surface area contributed by atoms with Gasteiger partial charge in [-0.2, -0.15) is 0 Å². The third-order valence-corrected chi connectivity index (χ3v) is 6.08. The normalized spacial score (nSPS) is 21.8. The number of anilines is 1. The summed E-state index contributed by atoms with van der Waals surface area (Å²) < 4.78 is 1.02. The minimum atomic E-state index is -0.373. The van der Waals surface area contributed by atoms with E-state index in [9.17, 15) is 9.59 Å². The molecule has 6 nitrogen and oxygen atoms in total. The van der Waals surface area contributed by atoms with Gasteiger partial charge in [0.1, 0.15) is 6.04 Å². The molecule has 2 saturated heterocycles. The predicted molar refractivity (Wildman–Crippen MR) is 116 cm³/mol. The molecule has 3 N–H and O–H groups in total. The van der Waals surface area contributed by atoms with E-state index >= 15 is 0 Å². The van der Waals surface area contributed by atoms with E-state index in [1.54, 1.807) is 12.1 Å². The largest absolute Gasteiger partial charge is 0.339 e.